The van der Waals surface area contributed by atoms with E-state index in [1.54, 1.807) is 17.9 Å². The summed E-state index contributed by atoms with van der Waals surface area (Å²) in [6.45, 7) is 4.77. The number of carbonyl (C=O) groups excluding carboxylic acids is 1. The van der Waals surface area contributed by atoms with E-state index in [1.165, 1.54) is 6.39 Å². The normalized spacial score (nSPS) is 13.6. The van der Waals surface area contributed by atoms with Crippen LogP contribution in [0.25, 0.3) is 11.1 Å². The van der Waals surface area contributed by atoms with Crippen LogP contribution in [0.15, 0.2) is 47.2 Å². The van der Waals surface area contributed by atoms with Gasteiger partial charge in [0.1, 0.15) is 12.4 Å². The SMILES string of the molecule is Cc1ccccc1-c1cc(O)c2c(c1)CN(C(=O)c1ncoc1C)CCO2. The lowest BCUT2D eigenvalue weighted by Gasteiger charge is -2.19. The van der Waals surface area contributed by atoms with Crippen LogP contribution >= 0.6 is 0 Å². The van der Waals surface area contributed by atoms with Crippen LogP contribution < -0.4 is 4.74 Å². The summed E-state index contributed by atoms with van der Waals surface area (Å²) >= 11 is 0. The molecule has 0 saturated heterocycles. The molecule has 3 aromatic rings. The Morgan fingerprint density at radius 1 is 1.22 bits per heavy atom. The summed E-state index contributed by atoms with van der Waals surface area (Å²) in [5.74, 6) is 0.789. The van der Waals surface area contributed by atoms with Crippen LogP contribution in [0.1, 0.15) is 27.4 Å². The second kappa shape index (κ2) is 6.79. The number of carbonyl (C=O) groups is 1. The lowest BCUT2D eigenvalue weighted by Crippen LogP contribution is -2.33. The summed E-state index contributed by atoms with van der Waals surface area (Å²) in [6.07, 6.45) is 1.27. The van der Waals surface area contributed by atoms with E-state index >= 15 is 0 Å². The fourth-order valence-electron chi connectivity index (χ4n) is 3.38. The van der Waals surface area contributed by atoms with Gasteiger partial charge in [-0.25, -0.2) is 4.98 Å². The van der Waals surface area contributed by atoms with Crippen LogP contribution in [-0.2, 0) is 6.54 Å². The van der Waals surface area contributed by atoms with E-state index in [9.17, 15) is 9.90 Å². The molecule has 0 spiro atoms. The summed E-state index contributed by atoms with van der Waals surface area (Å²) < 4.78 is 10.9. The quantitative estimate of drug-likeness (QED) is 0.750. The van der Waals surface area contributed by atoms with Gasteiger partial charge in [-0.1, -0.05) is 24.3 Å². The molecule has 1 amide bonds. The van der Waals surface area contributed by atoms with E-state index < -0.39 is 0 Å². The van der Waals surface area contributed by atoms with E-state index in [1.807, 2.05) is 37.3 Å². The largest absolute Gasteiger partial charge is 0.504 e. The number of oxazole rings is 1. The average molecular weight is 364 g/mol. The van der Waals surface area contributed by atoms with Crippen LogP contribution in [0.2, 0.25) is 0 Å². The molecule has 0 bridgehead atoms. The number of ether oxygens (including phenoxy) is 1. The van der Waals surface area contributed by atoms with Crippen molar-refractivity contribution in [2.45, 2.75) is 20.4 Å². The van der Waals surface area contributed by atoms with Gasteiger partial charge in [0, 0.05) is 12.1 Å². The highest BCUT2D eigenvalue weighted by atomic mass is 16.5. The first-order valence-electron chi connectivity index (χ1n) is 8.78. The maximum Gasteiger partial charge on any atom is 0.276 e. The number of aryl methyl sites for hydroxylation is 2. The van der Waals surface area contributed by atoms with Crippen molar-refractivity contribution < 1.29 is 19.1 Å². The van der Waals surface area contributed by atoms with Gasteiger partial charge in [-0.15, -0.1) is 0 Å². The molecule has 6 nitrogen and oxygen atoms in total. The van der Waals surface area contributed by atoms with Crippen molar-refractivity contribution in [1.29, 1.82) is 0 Å². The van der Waals surface area contributed by atoms with Crippen molar-refractivity contribution in [3.63, 3.8) is 0 Å². The molecule has 138 valence electrons. The average Bonchev–Trinajstić information content (AvgIpc) is 2.95. The van der Waals surface area contributed by atoms with Gasteiger partial charge in [0.15, 0.2) is 23.6 Å². The van der Waals surface area contributed by atoms with Gasteiger partial charge in [-0.05, 0) is 42.7 Å². The molecule has 1 aliphatic rings. The predicted molar refractivity (Wildman–Crippen MR) is 99.8 cm³/mol. The Balaban J connectivity index is 1.72. The number of rotatable bonds is 2. The highest BCUT2D eigenvalue weighted by Gasteiger charge is 2.26. The highest BCUT2D eigenvalue weighted by Crippen LogP contribution is 2.38. The fourth-order valence-corrected chi connectivity index (χ4v) is 3.38. The van der Waals surface area contributed by atoms with Gasteiger partial charge in [-0.2, -0.15) is 0 Å². The Hall–Kier alpha value is -3.28. The summed E-state index contributed by atoms with van der Waals surface area (Å²) in [4.78, 5) is 18.5. The Morgan fingerprint density at radius 3 is 2.78 bits per heavy atom. The number of fused-ring (bicyclic) bond motifs is 1. The molecule has 6 heteroatoms. The third-order valence-electron chi connectivity index (χ3n) is 4.81. The number of hydrogen-bond donors (Lipinski definition) is 1. The molecule has 1 aromatic heterocycles. The molecule has 0 radical (unpaired) electrons. The van der Waals surface area contributed by atoms with Gasteiger partial charge in [0.2, 0.25) is 0 Å². The smallest absolute Gasteiger partial charge is 0.276 e. The standard InChI is InChI=1S/C21H20N2O4/c1-13-5-3-4-6-17(13)15-9-16-11-23(7-8-26-20(16)18(24)10-15)21(25)19-14(2)27-12-22-19/h3-6,9-10,12,24H,7-8,11H2,1-2H3. The van der Waals surface area contributed by atoms with Crippen molar-refractivity contribution in [2.24, 2.45) is 0 Å². The topological polar surface area (TPSA) is 75.8 Å². The molecule has 0 unspecified atom stereocenters. The molecular formula is C21H20N2O4. The summed E-state index contributed by atoms with van der Waals surface area (Å²) in [5, 5.41) is 10.5. The zero-order chi connectivity index (χ0) is 19.0. The van der Waals surface area contributed by atoms with Crippen molar-refractivity contribution in [3.05, 3.63) is 65.4 Å². The first-order valence-corrected chi connectivity index (χ1v) is 8.78. The van der Waals surface area contributed by atoms with Crippen molar-refractivity contribution >= 4 is 5.91 Å². The van der Waals surface area contributed by atoms with E-state index in [2.05, 4.69) is 4.98 Å². The van der Waals surface area contributed by atoms with Crippen molar-refractivity contribution in [2.75, 3.05) is 13.2 Å². The zero-order valence-corrected chi connectivity index (χ0v) is 15.2. The number of phenols is 1. The summed E-state index contributed by atoms with van der Waals surface area (Å²) in [5.41, 5.74) is 4.10. The van der Waals surface area contributed by atoms with Crippen LogP contribution in [0, 0.1) is 13.8 Å². The second-order valence-corrected chi connectivity index (χ2v) is 6.63. The number of aromatic nitrogens is 1. The maximum atomic E-state index is 12.8. The van der Waals surface area contributed by atoms with Gasteiger partial charge in [-0.3, -0.25) is 4.79 Å². The Labute approximate surface area is 157 Å². The predicted octanol–water partition coefficient (Wildman–Crippen LogP) is 3.70. The molecule has 0 fully saturated rings. The Kier molecular flexibility index (Phi) is 4.32. The molecule has 0 atom stereocenters. The fraction of sp³-hybridized carbons (Fsp3) is 0.238. The van der Waals surface area contributed by atoms with E-state index in [0.717, 1.165) is 22.3 Å². The minimum absolute atomic E-state index is 0.0812. The molecule has 2 aromatic carbocycles. The molecule has 4 rings (SSSR count). The number of amides is 1. The number of phenolic OH excluding ortho intramolecular Hbond substituents is 1. The first-order chi connectivity index (χ1) is 13.0. The third-order valence-corrected chi connectivity index (χ3v) is 4.81. The Morgan fingerprint density at radius 2 is 2.04 bits per heavy atom. The third kappa shape index (κ3) is 3.14. The lowest BCUT2D eigenvalue weighted by atomic mass is 9.98. The minimum atomic E-state index is -0.210. The van der Waals surface area contributed by atoms with Crippen molar-refractivity contribution in [3.8, 4) is 22.6 Å². The van der Waals surface area contributed by atoms with Crippen LogP contribution in [0.5, 0.6) is 11.5 Å². The highest BCUT2D eigenvalue weighted by molar-refractivity contribution is 5.93. The molecular weight excluding hydrogens is 344 g/mol. The summed E-state index contributed by atoms with van der Waals surface area (Å²) in [7, 11) is 0. The van der Waals surface area contributed by atoms with E-state index in [0.29, 0.717) is 36.9 Å². The number of aromatic hydroxyl groups is 1. The number of hydrogen-bond acceptors (Lipinski definition) is 5. The molecule has 0 aliphatic carbocycles. The Bertz CT molecular complexity index is 1010. The minimum Gasteiger partial charge on any atom is -0.504 e. The molecule has 2 heterocycles. The molecule has 0 saturated carbocycles. The zero-order valence-electron chi connectivity index (χ0n) is 15.2. The van der Waals surface area contributed by atoms with Crippen LogP contribution in [0.3, 0.4) is 0 Å². The molecule has 1 N–H and O–H groups in total. The maximum absolute atomic E-state index is 12.8. The second-order valence-electron chi connectivity index (χ2n) is 6.63. The number of benzene rings is 2. The first kappa shape index (κ1) is 17.1. The van der Waals surface area contributed by atoms with Gasteiger partial charge in [0.05, 0.1) is 6.54 Å². The molecule has 27 heavy (non-hydrogen) atoms. The van der Waals surface area contributed by atoms with Gasteiger partial charge in [0.25, 0.3) is 5.91 Å². The van der Waals surface area contributed by atoms with Crippen LogP contribution in [0.4, 0.5) is 0 Å². The number of nitrogens with zero attached hydrogens (tertiary/aromatic N) is 2. The van der Waals surface area contributed by atoms with Gasteiger partial charge >= 0.3 is 0 Å². The van der Waals surface area contributed by atoms with E-state index in [-0.39, 0.29) is 11.7 Å². The van der Waals surface area contributed by atoms with Crippen LogP contribution in [-0.4, -0.2) is 34.0 Å². The summed E-state index contributed by atoms with van der Waals surface area (Å²) in [6, 6.07) is 11.7. The monoisotopic (exact) mass is 364 g/mol. The van der Waals surface area contributed by atoms with E-state index in [4.69, 9.17) is 9.15 Å². The van der Waals surface area contributed by atoms with Crippen molar-refractivity contribution in [1.82, 2.24) is 9.88 Å². The molecule has 1 aliphatic heterocycles. The van der Waals surface area contributed by atoms with Gasteiger partial charge < -0.3 is 19.2 Å². The lowest BCUT2D eigenvalue weighted by molar-refractivity contribution is 0.0726.